The summed E-state index contributed by atoms with van der Waals surface area (Å²) >= 11 is 5.12. The maximum Gasteiger partial charge on any atom is 0.416 e. The Bertz CT molecular complexity index is 1040. The van der Waals surface area contributed by atoms with Gasteiger partial charge in [-0.15, -0.1) is 0 Å². The van der Waals surface area contributed by atoms with Crippen molar-refractivity contribution in [3.8, 4) is 16.9 Å². The second-order valence-corrected chi connectivity index (χ2v) is 7.14. The van der Waals surface area contributed by atoms with Crippen molar-refractivity contribution < 1.29 is 22.7 Å². The van der Waals surface area contributed by atoms with Gasteiger partial charge in [-0.25, -0.2) is 0 Å². The number of carbonyl (C=O) groups is 1. The van der Waals surface area contributed by atoms with E-state index in [-0.39, 0.29) is 17.5 Å². The van der Waals surface area contributed by atoms with Gasteiger partial charge in [0, 0.05) is 6.54 Å². The molecule has 0 aliphatic rings. The van der Waals surface area contributed by atoms with Crippen LogP contribution >= 0.6 is 12.2 Å². The summed E-state index contributed by atoms with van der Waals surface area (Å²) in [6.45, 7) is 0.0702. The standard InChI is InChI=1S/C23H20F3N3O2S/c24-23(25,26)19-10-12-20(13-11-19)31-15-21(30)28-29-22(32)27-14-16-6-8-18(9-7-16)17-4-2-1-3-5-17/h1-13H,14-15H2,(H,28,30)(H2,27,29,32). The van der Waals surface area contributed by atoms with E-state index < -0.39 is 17.6 Å². The van der Waals surface area contributed by atoms with Gasteiger partial charge in [0.2, 0.25) is 0 Å². The second-order valence-electron chi connectivity index (χ2n) is 6.73. The van der Waals surface area contributed by atoms with E-state index in [0.717, 1.165) is 41.0 Å². The summed E-state index contributed by atoms with van der Waals surface area (Å²) < 4.78 is 42.8. The lowest BCUT2D eigenvalue weighted by molar-refractivity contribution is -0.137. The molecule has 5 nitrogen and oxygen atoms in total. The minimum Gasteiger partial charge on any atom is -0.484 e. The predicted octanol–water partition coefficient (Wildman–Crippen LogP) is 4.45. The largest absolute Gasteiger partial charge is 0.484 e. The van der Waals surface area contributed by atoms with Crippen molar-refractivity contribution in [1.82, 2.24) is 16.2 Å². The van der Waals surface area contributed by atoms with E-state index in [9.17, 15) is 18.0 Å². The quantitative estimate of drug-likeness (QED) is 0.376. The van der Waals surface area contributed by atoms with Gasteiger partial charge >= 0.3 is 6.18 Å². The smallest absolute Gasteiger partial charge is 0.416 e. The maximum atomic E-state index is 12.5. The van der Waals surface area contributed by atoms with Gasteiger partial charge in [0.25, 0.3) is 5.91 Å². The molecule has 3 aromatic rings. The molecule has 0 saturated heterocycles. The molecule has 0 unspecified atom stereocenters. The van der Waals surface area contributed by atoms with Crippen LogP contribution in [0.4, 0.5) is 13.2 Å². The number of nitrogens with one attached hydrogen (secondary N) is 3. The number of thiocarbonyl (C=S) groups is 1. The zero-order valence-electron chi connectivity index (χ0n) is 16.8. The van der Waals surface area contributed by atoms with E-state index in [4.69, 9.17) is 17.0 Å². The molecule has 9 heteroatoms. The van der Waals surface area contributed by atoms with Crippen molar-refractivity contribution in [2.24, 2.45) is 0 Å². The number of rotatable bonds is 6. The van der Waals surface area contributed by atoms with Crippen LogP contribution in [0.1, 0.15) is 11.1 Å². The number of ether oxygens (including phenoxy) is 1. The summed E-state index contributed by atoms with van der Waals surface area (Å²) in [6.07, 6.45) is -4.42. The molecule has 0 atom stereocenters. The minimum absolute atomic E-state index is 0.146. The van der Waals surface area contributed by atoms with Crippen molar-refractivity contribution in [3.63, 3.8) is 0 Å². The number of halogens is 3. The summed E-state index contributed by atoms with van der Waals surface area (Å²) in [7, 11) is 0. The van der Waals surface area contributed by atoms with Crippen LogP contribution in [0.5, 0.6) is 5.75 Å². The monoisotopic (exact) mass is 459 g/mol. The molecular weight excluding hydrogens is 439 g/mol. The van der Waals surface area contributed by atoms with E-state index in [1.807, 2.05) is 54.6 Å². The maximum absolute atomic E-state index is 12.5. The fraction of sp³-hybridized carbons (Fsp3) is 0.130. The summed E-state index contributed by atoms with van der Waals surface area (Å²) in [6, 6.07) is 22.1. The molecule has 166 valence electrons. The van der Waals surface area contributed by atoms with E-state index in [1.165, 1.54) is 0 Å². The average molecular weight is 459 g/mol. The van der Waals surface area contributed by atoms with Crippen LogP contribution in [0.15, 0.2) is 78.9 Å². The van der Waals surface area contributed by atoms with Crippen LogP contribution in [-0.2, 0) is 17.5 Å². The van der Waals surface area contributed by atoms with E-state index in [1.54, 1.807) is 0 Å². The topological polar surface area (TPSA) is 62.4 Å². The molecule has 0 aromatic heterocycles. The Morgan fingerprint density at radius 3 is 2.09 bits per heavy atom. The van der Waals surface area contributed by atoms with Crippen LogP contribution in [0.3, 0.4) is 0 Å². The lowest BCUT2D eigenvalue weighted by Gasteiger charge is -2.13. The van der Waals surface area contributed by atoms with Gasteiger partial charge in [0.15, 0.2) is 11.7 Å². The van der Waals surface area contributed by atoms with Crippen molar-refractivity contribution in [1.29, 1.82) is 0 Å². The molecule has 3 N–H and O–H groups in total. The van der Waals surface area contributed by atoms with Gasteiger partial charge < -0.3 is 10.1 Å². The fourth-order valence-electron chi connectivity index (χ4n) is 2.72. The Labute approximate surface area is 188 Å². The zero-order chi connectivity index (χ0) is 23.0. The molecule has 0 saturated carbocycles. The van der Waals surface area contributed by atoms with Crippen molar-refractivity contribution >= 4 is 23.2 Å². The van der Waals surface area contributed by atoms with Gasteiger partial charge in [0.05, 0.1) is 5.56 Å². The lowest BCUT2D eigenvalue weighted by atomic mass is 10.0. The molecule has 3 rings (SSSR count). The van der Waals surface area contributed by atoms with Crippen LogP contribution in [0.25, 0.3) is 11.1 Å². The first-order valence-electron chi connectivity index (χ1n) is 9.58. The molecule has 0 heterocycles. The molecule has 0 fully saturated rings. The van der Waals surface area contributed by atoms with Crippen LogP contribution in [0, 0.1) is 0 Å². The van der Waals surface area contributed by atoms with Gasteiger partial charge in [0.1, 0.15) is 5.75 Å². The zero-order valence-corrected chi connectivity index (χ0v) is 17.6. The third-order valence-electron chi connectivity index (χ3n) is 4.38. The number of hydrazine groups is 1. The average Bonchev–Trinajstić information content (AvgIpc) is 2.80. The SMILES string of the molecule is O=C(COc1ccc(C(F)(F)F)cc1)NNC(=S)NCc1ccc(-c2ccccc2)cc1. The Morgan fingerprint density at radius 1 is 0.844 bits per heavy atom. The molecule has 1 amide bonds. The first-order chi connectivity index (χ1) is 15.3. The molecule has 0 aliphatic heterocycles. The van der Waals surface area contributed by atoms with Gasteiger partial charge in [-0.3, -0.25) is 15.6 Å². The second kappa shape index (κ2) is 10.6. The Morgan fingerprint density at radius 2 is 1.47 bits per heavy atom. The Kier molecular flexibility index (Phi) is 7.67. The number of hydrogen-bond donors (Lipinski definition) is 3. The number of hydrogen-bond acceptors (Lipinski definition) is 3. The molecular formula is C23H20F3N3O2S. The van der Waals surface area contributed by atoms with Gasteiger partial charge in [-0.1, -0.05) is 54.6 Å². The van der Waals surface area contributed by atoms with Gasteiger partial charge in [-0.2, -0.15) is 13.2 Å². The lowest BCUT2D eigenvalue weighted by Crippen LogP contribution is -2.48. The van der Waals surface area contributed by atoms with E-state index in [0.29, 0.717) is 6.54 Å². The molecule has 0 radical (unpaired) electrons. The van der Waals surface area contributed by atoms with E-state index >= 15 is 0 Å². The van der Waals surface area contributed by atoms with Crippen LogP contribution < -0.4 is 20.9 Å². The fourth-order valence-corrected chi connectivity index (χ4v) is 2.85. The Hall–Kier alpha value is -3.59. The summed E-state index contributed by atoms with van der Waals surface area (Å²) in [5.74, 6) is -0.394. The molecule has 0 aliphatic carbocycles. The van der Waals surface area contributed by atoms with Crippen molar-refractivity contribution in [2.45, 2.75) is 12.7 Å². The summed E-state index contributed by atoms with van der Waals surface area (Å²) in [5, 5.41) is 3.17. The number of benzene rings is 3. The number of alkyl halides is 3. The highest BCUT2D eigenvalue weighted by Crippen LogP contribution is 2.30. The third kappa shape index (κ3) is 6.98. The molecule has 0 spiro atoms. The van der Waals surface area contributed by atoms with Crippen LogP contribution in [0.2, 0.25) is 0 Å². The third-order valence-corrected chi connectivity index (χ3v) is 4.63. The highest BCUT2D eigenvalue weighted by Gasteiger charge is 2.30. The normalized spacial score (nSPS) is 10.8. The van der Waals surface area contributed by atoms with E-state index in [2.05, 4.69) is 16.2 Å². The van der Waals surface area contributed by atoms with Crippen LogP contribution in [-0.4, -0.2) is 17.6 Å². The predicted molar refractivity (Wildman–Crippen MR) is 120 cm³/mol. The summed E-state index contributed by atoms with van der Waals surface area (Å²) in [4.78, 5) is 11.8. The van der Waals surface area contributed by atoms with Crippen molar-refractivity contribution in [3.05, 3.63) is 90.0 Å². The first kappa shape index (κ1) is 23.1. The molecule has 32 heavy (non-hydrogen) atoms. The van der Waals surface area contributed by atoms with Gasteiger partial charge in [-0.05, 0) is 53.2 Å². The number of amides is 1. The minimum atomic E-state index is -4.42. The molecule has 0 bridgehead atoms. The number of carbonyl (C=O) groups excluding carboxylic acids is 1. The van der Waals surface area contributed by atoms with Crippen molar-refractivity contribution in [2.75, 3.05) is 6.61 Å². The Balaban J connectivity index is 1.37. The highest BCUT2D eigenvalue weighted by atomic mass is 32.1. The highest BCUT2D eigenvalue weighted by molar-refractivity contribution is 7.80. The first-order valence-corrected chi connectivity index (χ1v) is 9.99. The molecule has 3 aromatic carbocycles. The summed E-state index contributed by atoms with van der Waals surface area (Å²) in [5.41, 5.74) is 7.36.